The molecule has 0 radical (unpaired) electrons. The molecule has 1 atom stereocenters. The van der Waals surface area contributed by atoms with Gasteiger partial charge in [-0.1, -0.05) is 11.6 Å². The van der Waals surface area contributed by atoms with Crippen molar-refractivity contribution in [3.05, 3.63) is 46.2 Å². The van der Waals surface area contributed by atoms with E-state index >= 15 is 0 Å². The van der Waals surface area contributed by atoms with Crippen LogP contribution >= 0.6 is 15.9 Å². The minimum absolute atomic E-state index is 0.194. The summed E-state index contributed by atoms with van der Waals surface area (Å²) >= 11 is 3.18. The smallest absolute Gasteiger partial charge is 0.137 e. The van der Waals surface area contributed by atoms with Gasteiger partial charge in [0.2, 0.25) is 0 Å². The van der Waals surface area contributed by atoms with Crippen LogP contribution in [0.5, 0.6) is 0 Å². The fourth-order valence-corrected chi connectivity index (χ4v) is 1.86. The fraction of sp³-hybridized carbons (Fsp3) is 0.333. The molecular weight excluding hydrogens is 257 g/mol. The summed E-state index contributed by atoms with van der Waals surface area (Å²) in [5, 5.41) is 3.19. The molecule has 1 rings (SSSR count). The highest BCUT2D eigenvalue weighted by Gasteiger charge is 2.10. The molecule has 0 bridgehead atoms. The first kappa shape index (κ1) is 12.4. The molecule has 3 heteroatoms. The highest BCUT2D eigenvalue weighted by molar-refractivity contribution is 9.10. The molecule has 1 aromatic carbocycles. The summed E-state index contributed by atoms with van der Waals surface area (Å²) in [4.78, 5) is 0. The van der Waals surface area contributed by atoms with Crippen molar-refractivity contribution >= 4 is 15.9 Å². The molecule has 0 aliphatic heterocycles. The van der Waals surface area contributed by atoms with E-state index in [1.54, 1.807) is 12.1 Å². The Morgan fingerprint density at radius 2 is 2.27 bits per heavy atom. The lowest BCUT2D eigenvalue weighted by atomic mass is 10.0. The van der Waals surface area contributed by atoms with Crippen molar-refractivity contribution in [2.45, 2.75) is 19.4 Å². The van der Waals surface area contributed by atoms with Crippen molar-refractivity contribution in [2.24, 2.45) is 0 Å². The maximum Gasteiger partial charge on any atom is 0.137 e. The van der Waals surface area contributed by atoms with Crippen molar-refractivity contribution in [1.82, 2.24) is 5.32 Å². The number of rotatable bonds is 4. The van der Waals surface area contributed by atoms with E-state index in [2.05, 4.69) is 27.8 Å². The maximum atomic E-state index is 13.0. The minimum atomic E-state index is -0.232. The zero-order chi connectivity index (χ0) is 11.4. The van der Waals surface area contributed by atoms with Gasteiger partial charge in [0.25, 0.3) is 0 Å². The summed E-state index contributed by atoms with van der Waals surface area (Å²) in [6, 6.07) is 5.27. The van der Waals surface area contributed by atoms with E-state index < -0.39 is 0 Å². The Bertz CT molecular complexity index is 363. The highest BCUT2D eigenvalue weighted by Crippen LogP contribution is 2.24. The molecule has 1 unspecified atom stereocenters. The Kier molecular flexibility index (Phi) is 4.48. The SMILES string of the molecule is C=C(C)CC(NC)c1ccc(F)c(Br)c1. The second-order valence-electron chi connectivity index (χ2n) is 3.68. The lowest BCUT2D eigenvalue weighted by Crippen LogP contribution is -2.16. The standard InChI is InChI=1S/C12H15BrFN/c1-8(2)6-12(15-3)9-4-5-11(14)10(13)7-9/h4-5,7,12,15H,1,6H2,2-3H3. The number of halogens is 2. The summed E-state index contributed by atoms with van der Waals surface area (Å²) in [5.74, 6) is -0.232. The van der Waals surface area contributed by atoms with Crippen LogP contribution in [0, 0.1) is 5.82 Å². The third-order valence-corrected chi connectivity index (χ3v) is 2.85. The Morgan fingerprint density at radius 3 is 2.73 bits per heavy atom. The summed E-state index contributed by atoms with van der Waals surface area (Å²) < 4.78 is 13.5. The predicted octanol–water partition coefficient (Wildman–Crippen LogP) is 3.81. The van der Waals surface area contributed by atoms with Gasteiger partial charge in [0, 0.05) is 6.04 Å². The molecule has 0 saturated heterocycles. The van der Waals surface area contributed by atoms with E-state index in [1.807, 2.05) is 14.0 Å². The normalized spacial score (nSPS) is 12.5. The Hall–Kier alpha value is -0.670. The Labute approximate surface area is 98.5 Å². The highest BCUT2D eigenvalue weighted by atomic mass is 79.9. The van der Waals surface area contributed by atoms with Crippen molar-refractivity contribution in [3.8, 4) is 0 Å². The number of hydrogen-bond donors (Lipinski definition) is 1. The van der Waals surface area contributed by atoms with Crippen LogP contribution < -0.4 is 5.32 Å². The van der Waals surface area contributed by atoms with E-state index in [9.17, 15) is 4.39 Å². The maximum absolute atomic E-state index is 13.0. The van der Waals surface area contributed by atoms with Crippen LogP contribution in [0.25, 0.3) is 0 Å². The second-order valence-corrected chi connectivity index (χ2v) is 4.53. The van der Waals surface area contributed by atoms with Crippen molar-refractivity contribution < 1.29 is 4.39 Å². The average Bonchev–Trinajstić information content (AvgIpc) is 2.18. The molecule has 82 valence electrons. The van der Waals surface area contributed by atoms with Crippen LogP contribution in [0.15, 0.2) is 34.8 Å². The third-order valence-electron chi connectivity index (χ3n) is 2.25. The molecular formula is C12H15BrFN. The van der Waals surface area contributed by atoms with Crippen LogP contribution in [0.2, 0.25) is 0 Å². The average molecular weight is 272 g/mol. The summed E-state index contributed by atoms with van der Waals surface area (Å²) in [5.41, 5.74) is 2.17. The zero-order valence-electron chi connectivity index (χ0n) is 8.98. The fourth-order valence-electron chi connectivity index (χ4n) is 1.46. The quantitative estimate of drug-likeness (QED) is 0.822. The van der Waals surface area contributed by atoms with E-state index in [1.165, 1.54) is 6.07 Å². The number of hydrogen-bond acceptors (Lipinski definition) is 1. The molecule has 1 N–H and O–H groups in total. The van der Waals surface area contributed by atoms with Gasteiger partial charge < -0.3 is 5.32 Å². The van der Waals surface area contributed by atoms with E-state index in [4.69, 9.17) is 0 Å². The number of benzene rings is 1. The van der Waals surface area contributed by atoms with Crippen LogP contribution in [0.1, 0.15) is 24.9 Å². The van der Waals surface area contributed by atoms with Gasteiger partial charge >= 0.3 is 0 Å². The van der Waals surface area contributed by atoms with Crippen molar-refractivity contribution in [1.29, 1.82) is 0 Å². The Balaban J connectivity index is 2.92. The molecule has 0 spiro atoms. The molecule has 0 saturated carbocycles. The monoisotopic (exact) mass is 271 g/mol. The van der Waals surface area contributed by atoms with Gasteiger partial charge in [-0.05, 0) is 54.0 Å². The molecule has 0 fully saturated rings. The molecule has 0 aliphatic rings. The van der Waals surface area contributed by atoms with Gasteiger partial charge in [0.1, 0.15) is 5.82 Å². The van der Waals surface area contributed by atoms with Crippen molar-refractivity contribution in [3.63, 3.8) is 0 Å². The zero-order valence-corrected chi connectivity index (χ0v) is 10.6. The molecule has 0 amide bonds. The van der Waals surface area contributed by atoms with Gasteiger partial charge in [0.15, 0.2) is 0 Å². The molecule has 1 aromatic rings. The molecule has 0 aliphatic carbocycles. The molecule has 15 heavy (non-hydrogen) atoms. The largest absolute Gasteiger partial charge is 0.313 e. The predicted molar refractivity (Wildman–Crippen MR) is 65.3 cm³/mol. The van der Waals surface area contributed by atoms with Gasteiger partial charge in [-0.25, -0.2) is 4.39 Å². The molecule has 1 nitrogen and oxygen atoms in total. The second kappa shape index (κ2) is 5.42. The summed E-state index contributed by atoms with van der Waals surface area (Å²) in [6.07, 6.45) is 0.856. The lowest BCUT2D eigenvalue weighted by molar-refractivity contribution is 0.582. The van der Waals surface area contributed by atoms with E-state index in [0.29, 0.717) is 4.47 Å². The molecule has 0 aromatic heterocycles. The van der Waals surface area contributed by atoms with Crippen molar-refractivity contribution in [2.75, 3.05) is 7.05 Å². The van der Waals surface area contributed by atoms with Gasteiger partial charge in [-0.2, -0.15) is 0 Å². The van der Waals surface area contributed by atoms with Crippen LogP contribution in [0.3, 0.4) is 0 Å². The van der Waals surface area contributed by atoms with Gasteiger partial charge in [-0.15, -0.1) is 6.58 Å². The van der Waals surface area contributed by atoms with Crippen LogP contribution in [-0.2, 0) is 0 Å². The first-order valence-electron chi connectivity index (χ1n) is 4.81. The van der Waals surface area contributed by atoms with Gasteiger partial charge in [-0.3, -0.25) is 0 Å². The topological polar surface area (TPSA) is 12.0 Å². The lowest BCUT2D eigenvalue weighted by Gasteiger charge is -2.17. The first-order chi connectivity index (χ1) is 7.04. The number of nitrogens with one attached hydrogen (secondary N) is 1. The van der Waals surface area contributed by atoms with E-state index in [-0.39, 0.29) is 11.9 Å². The van der Waals surface area contributed by atoms with Gasteiger partial charge in [0.05, 0.1) is 4.47 Å². The third kappa shape index (κ3) is 3.43. The first-order valence-corrected chi connectivity index (χ1v) is 5.60. The Morgan fingerprint density at radius 1 is 1.60 bits per heavy atom. The van der Waals surface area contributed by atoms with Crippen LogP contribution in [0.4, 0.5) is 4.39 Å². The van der Waals surface area contributed by atoms with E-state index in [0.717, 1.165) is 17.6 Å². The summed E-state index contributed by atoms with van der Waals surface area (Å²) in [7, 11) is 1.89. The minimum Gasteiger partial charge on any atom is -0.313 e. The van der Waals surface area contributed by atoms with Crippen LogP contribution in [-0.4, -0.2) is 7.05 Å². The molecule has 0 heterocycles. The summed E-state index contributed by atoms with van der Waals surface area (Å²) in [6.45, 7) is 5.87.